The van der Waals surface area contributed by atoms with Gasteiger partial charge in [0.15, 0.2) is 0 Å². The first kappa shape index (κ1) is 10.0. The van der Waals surface area contributed by atoms with E-state index in [0.717, 1.165) is 11.0 Å². The molecule has 0 aliphatic rings. The van der Waals surface area contributed by atoms with Crippen LogP contribution in [0.3, 0.4) is 0 Å². The van der Waals surface area contributed by atoms with Gasteiger partial charge in [0.1, 0.15) is 5.58 Å². The summed E-state index contributed by atoms with van der Waals surface area (Å²) in [5.74, 6) is 0. The van der Waals surface area contributed by atoms with Crippen molar-refractivity contribution < 1.29 is 24.7 Å². The molecule has 1 nitrogen and oxygen atoms in total. The smallest absolute Gasteiger partial charge is 1.00 e. The third kappa shape index (κ3) is 1.65. The third-order valence-electron chi connectivity index (χ3n) is 1.50. The van der Waals surface area contributed by atoms with Crippen LogP contribution in [0.5, 0.6) is 0 Å². The van der Waals surface area contributed by atoms with Gasteiger partial charge >= 0.3 is 18.9 Å². The Balaban J connectivity index is 0.000000720. The Labute approximate surface area is 93.3 Å². The minimum Gasteiger partial charge on any atom is -1.00 e. The molecule has 1 aromatic heterocycles. The first-order chi connectivity index (χ1) is 5.27. The van der Waals surface area contributed by atoms with E-state index in [1.54, 1.807) is 18.4 Å². The number of fused-ring (bicyclic) bond motifs is 1. The summed E-state index contributed by atoms with van der Waals surface area (Å²) >= 11 is 11.5. The number of hydrogen-bond acceptors (Lipinski definition) is 1. The number of halogens is 2. The van der Waals surface area contributed by atoms with Crippen LogP contribution >= 0.6 is 23.2 Å². The van der Waals surface area contributed by atoms with E-state index >= 15 is 0 Å². The average Bonchev–Trinajstić information content (AvgIpc) is 2.36. The summed E-state index contributed by atoms with van der Waals surface area (Å²) < 4.78 is 5.11. The summed E-state index contributed by atoms with van der Waals surface area (Å²) in [5.41, 5.74) is 0.763. The molecule has 1 heterocycles. The molecule has 0 aliphatic heterocycles. The van der Waals surface area contributed by atoms with Crippen LogP contribution in [0.4, 0.5) is 0 Å². The van der Waals surface area contributed by atoms with E-state index in [1.165, 1.54) is 0 Å². The summed E-state index contributed by atoms with van der Waals surface area (Å²) in [6, 6.07) is 5.33. The van der Waals surface area contributed by atoms with Crippen LogP contribution in [0.2, 0.25) is 10.0 Å². The minimum atomic E-state index is 0. The number of furan rings is 1. The summed E-state index contributed by atoms with van der Waals surface area (Å²) in [7, 11) is 0. The topological polar surface area (TPSA) is 13.1 Å². The minimum absolute atomic E-state index is 0. The van der Waals surface area contributed by atoms with Crippen molar-refractivity contribution in [2.24, 2.45) is 0 Å². The van der Waals surface area contributed by atoms with Gasteiger partial charge < -0.3 is 5.84 Å². The Hall–Kier alpha value is -0.0626. The molecule has 2 aromatic rings. The molecule has 0 spiro atoms. The molecule has 0 fully saturated rings. The van der Waals surface area contributed by atoms with E-state index in [1.807, 2.05) is 6.07 Å². The molecule has 0 aliphatic carbocycles. The Bertz CT molecular complexity index is 366. The van der Waals surface area contributed by atoms with Crippen molar-refractivity contribution in [2.45, 2.75) is 0 Å². The molecular weight excluding hydrogens is 190 g/mol. The zero-order valence-electron chi connectivity index (χ0n) is 7.47. The Morgan fingerprint density at radius 3 is 2.58 bits per heavy atom. The number of rotatable bonds is 0. The quantitative estimate of drug-likeness (QED) is 0.568. The van der Waals surface area contributed by atoms with Gasteiger partial charge in [-0.2, -0.15) is 0 Å². The van der Waals surface area contributed by atoms with Gasteiger partial charge in [0.05, 0.1) is 16.3 Å². The summed E-state index contributed by atoms with van der Waals surface area (Å²) in [5, 5.41) is 2.05. The Morgan fingerprint density at radius 2 is 1.83 bits per heavy atom. The van der Waals surface area contributed by atoms with E-state index in [0.29, 0.717) is 10.0 Å². The van der Waals surface area contributed by atoms with Gasteiger partial charge in [0.25, 0.3) is 0 Å². The van der Waals surface area contributed by atoms with Gasteiger partial charge in [-0.15, -0.1) is 0 Å². The van der Waals surface area contributed by atoms with Gasteiger partial charge in [-0.3, -0.25) is 0 Å². The SMILES string of the molecule is Clc1cc2ccoc2cc1Cl.[H-].[Li+]. The molecule has 2 rings (SSSR count). The van der Waals surface area contributed by atoms with Gasteiger partial charge in [-0.05, 0) is 12.1 Å². The van der Waals surface area contributed by atoms with Crippen LogP contribution in [0.25, 0.3) is 11.0 Å². The zero-order chi connectivity index (χ0) is 7.84. The summed E-state index contributed by atoms with van der Waals surface area (Å²) in [4.78, 5) is 0. The average molecular weight is 195 g/mol. The molecule has 1 aromatic carbocycles. The standard InChI is InChI=1S/C8H4Cl2O.Li.H/c9-6-3-5-1-2-11-8(5)4-7(6)10;;/h1-4H;;/q;+1;-1. The van der Waals surface area contributed by atoms with E-state index in [2.05, 4.69) is 0 Å². The predicted octanol–water partition coefficient (Wildman–Crippen LogP) is 0.856. The molecule has 12 heavy (non-hydrogen) atoms. The summed E-state index contributed by atoms with van der Waals surface area (Å²) in [6.45, 7) is 0. The van der Waals surface area contributed by atoms with Crippen molar-refractivity contribution in [3.63, 3.8) is 0 Å². The van der Waals surface area contributed by atoms with E-state index in [4.69, 9.17) is 27.6 Å². The fraction of sp³-hybridized carbons (Fsp3) is 0. The Kier molecular flexibility index (Phi) is 3.14. The molecule has 0 bridgehead atoms. The fourth-order valence-electron chi connectivity index (χ4n) is 0.957. The molecule has 0 saturated carbocycles. The maximum Gasteiger partial charge on any atom is 1.00 e. The van der Waals surface area contributed by atoms with Gasteiger partial charge in [0.2, 0.25) is 0 Å². The van der Waals surface area contributed by atoms with Crippen LogP contribution in [-0.2, 0) is 0 Å². The summed E-state index contributed by atoms with van der Waals surface area (Å²) in [6.07, 6.45) is 1.61. The van der Waals surface area contributed by atoms with Gasteiger partial charge in [0, 0.05) is 11.5 Å². The first-order valence-electron chi connectivity index (χ1n) is 3.09. The molecular formula is C8H5Cl2LiO. The second kappa shape index (κ2) is 3.77. The largest absolute Gasteiger partial charge is 1.00 e. The maximum absolute atomic E-state index is 5.77. The second-order valence-corrected chi connectivity index (χ2v) is 3.04. The van der Waals surface area contributed by atoms with Crippen LogP contribution in [0, 0.1) is 0 Å². The second-order valence-electron chi connectivity index (χ2n) is 2.22. The molecule has 0 unspecified atom stereocenters. The third-order valence-corrected chi connectivity index (χ3v) is 2.22. The molecule has 58 valence electrons. The van der Waals surface area contributed by atoms with Crippen LogP contribution in [-0.4, -0.2) is 0 Å². The van der Waals surface area contributed by atoms with Crippen molar-refractivity contribution in [1.82, 2.24) is 0 Å². The molecule has 0 amide bonds. The van der Waals surface area contributed by atoms with Crippen LogP contribution < -0.4 is 18.9 Å². The van der Waals surface area contributed by atoms with Crippen molar-refractivity contribution in [2.75, 3.05) is 0 Å². The maximum atomic E-state index is 5.77. The predicted molar refractivity (Wildman–Crippen MR) is 47.3 cm³/mol. The molecule has 0 N–H and O–H groups in total. The van der Waals surface area contributed by atoms with E-state index < -0.39 is 0 Å². The van der Waals surface area contributed by atoms with Crippen molar-refractivity contribution in [1.29, 1.82) is 0 Å². The van der Waals surface area contributed by atoms with Crippen LogP contribution in [0.15, 0.2) is 28.9 Å². The Morgan fingerprint density at radius 1 is 1.17 bits per heavy atom. The van der Waals surface area contributed by atoms with Crippen molar-refractivity contribution in [3.8, 4) is 0 Å². The van der Waals surface area contributed by atoms with Crippen molar-refractivity contribution >= 4 is 34.2 Å². The first-order valence-corrected chi connectivity index (χ1v) is 3.85. The molecule has 4 heteroatoms. The fourth-order valence-corrected chi connectivity index (χ4v) is 1.28. The molecule has 0 radical (unpaired) electrons. The monoisotopic (exact) mass is 194 g/mol. The van der Waals surface area contributed by atoms with Crippen LogP contribution in [0.1, 0.15) is 1.43 Å². The van der Waals surface area contributed by atoms with E-state index in [-0.39, 0.29) is 20.3 Å². The van der Waals surface area contributed by atoms with Gasteiger partial charge in [-0.1, -0.05) is 23.2 Å². The van der Waals surface area contributed by atoms with Crippen molar-refractivity contribution in [3.05, 3.63) is 34.5 Å². The normalized spacial score (nSPS) is 9.83. The van der Waals surface area contributed by atoms with E-state index in [9.17, 15) is 0 Å². The van der Waals surface area contributed by atoms with Gasteiger partial charge in [-0.25, -0.2) is 0 Å². The number of benzene rings is 1. The molecule has 0 atom stereocenters. The zero-order valence-corrected chi connectivity index (χ0v) is 7.99. The number of hydrogen-bond donors (Lipinski definition) is 0. The molecule has 0 saturated heterocycles.